The van der Waals surface area contributed by atoms with Gasteiger partial charge in [-0.05, 0) is 43.2 Å². The first-order chi connectivity index (χ1) is 9.86. The normalized spacial score (nSPS) is 12.3. The summed E-state index contributed by atoms with van der Waals surface area (Å²) in [7, 11) is 1.58. The number of rotatable bonds is 3. The van der Waals surface area contributed by atoms with Gasteiger partial charge in [0.15, 0.2) is 0 Å². The molecule has 1 nitrogen and oxygen atoms in total. The third-order valence-electron chi connectivity index (χ3n) is 3.40. The number of methoxy groups -OCH3 is 1. The maximum Gasteiger partial charge on any atom is 0.129 e. The topological polar surface area (TPSA) is 9.23 Å². The molecule has 0 heterocycles. The fraction of sp³-hybridized carbons (Fsp3) is 0.250. The van der Waals surface area contributed by atoms with Gasteiger partial charge in [-0.15, -0.1) is 11.6 Å². The molecule has 0 spiro atoms. The molecule has 0 aromatic heterocycles. The number of alkyl halides is 1. The van der Waals surface area contributed by atoms with Gasteiger partial charge in [-0.1, -0.05) is 33.6 Å². The zero-order valence-electron chi connectivity index (χ0n) is 11.8. The Morgan fingerprint density at radius 3 is 2.48 bits per heavy atom. The van der Waals surface area contributed by atoms with Gasteiger partial charge in [0, 0.05) is 20.6 Å². The van der Waals surface area contributed by atoms with E-state index in [1.54, 1.807) is 19.2 Å². The molecule has 0 aliphatic carbocycles. The highest BCUT2D eigenvalue weighted by Crippen LogP contribution is 2.42. The molecule has 2 rings (SSSR count). The van der Waals surface area contributed by atoms with Crippen molar-refractivity contribution in [2.75, 3.05) is 7.11 Å². The van der Waals surface area contributed by atoms with Crippen molar-refractivity contribution in [1.82, 2.24) is 0 Å². The van der Waals surface area contributed by atoms with Crippen LogP contribution in [0, 0.1) is 19.7 Å². The lowest BCUT2D eigenvalue weighted by molar-refractivity contribution is 0.406. The summed E-state index contributed by atoms with van der Waals surface area (Å²) < 4.78 is 20.5. The van der Waals surface area contributed by atoms with Crippen molar-refractivity contribution in [3.05, 3.63) is 61.8 Å². The number of aryl methyl sites for hydroxylation is 1. The first kappa shape index (κ1) is 16.6. The lowest BCUT2D eigenvalue weighted by Crippen LogP contribution is -2.04. The predicted octanol–water partition coefficient (Wildman–Crippen LogP) is 6.20. The molecule has 0 radical (unpaired) electrons. The molecule has 1 atom stereocenters. The second-order valence-corrected chi connectivity index (χ2v) is 6.50. The van der Waals surface area contributed by atoms with Gasteiger partial charge >= 0.3 is 0 Å². The standard InChI is InChI=1S/C16H14BrCl2FO/c1-8-6-12(17)9(2)14(16(8)21-3)15(19)11-5-4-10(18)7-13(11)20/h4-7,15H,1-3H3. The van der Waals surface area contributed by atoms with Crippen LogP contribution in [0.25, 0.3) is 0 Å². The molecule has 21 heavy (non-hydrogen) atoms. The Balaban J connectivity index is 2.65. The Hall–Kier alpha value is -0.770. The third-order valence-corrected chi connectivity index (χ3v) is 4.91. The lowest BCUT2D eigenvalue weighted by Gasteiger charge is -2.20. The lowest BCUT2D eigenvalue weighted by atomic mass is 9.96. The highest BCUT2D eigenvalue weighted by Gasteiger charge is 2.24. The van der Waals surface area contributed by atoms with Crippen molar-refractivity contribution in [2.45, 2.75) is 19.2 Å². The van der Waals surface area contributed by atoms with Crippen LogP contribution in [0.4, 0.5) is 4.39 Å². The van der Waals surface area contributed by atoms with E-state index in [2.05, 4.69) is 15.9 Å². The van der Waals surface area contributed by atoms with E-state index in [0.29, 0.717) is 16.3 Å². The highest BCUT2D eigenvalue weighted by atomic mass is 79.9. The Bertz CT molecular complexity index is 688. The minimum atomic E-state index is -0.659. The maximum atomic E-state index is 14.1. The van der Waals surface area contributed by atoms with Crippen LogP contribution in [-0.2, 0) is 0 Å². The molecule has 0 aliphatic heterocycles. The Labute approximate surface area is 142 Å². The van der Waals surface area contributed by atoms with Crippen molar-refractivity contribution in [1.29, 1.82) is 0 Å². The molecule has 0 saturated heterocycles. The van der Waals surface area contributed by atoms with Crippen molar-refractivity contribution in [3.8, 4) is 5.75 Å². The second-order valence-electron chi connectivity index (χ2n) is 4.78. The van der Waals surface area contributed by atoms with E-state index in [-0.39, 0.29) is 0 Å². The maximum absolute atomic E-state index is 14.1. The summed E-state index contributed by atoms with van der Waals surface area (Å²) in [6.45, 7) is 3.85. The van der Waals surface area contributed by atoms with Crippen LogP contribution >= 0.6 is 39.1 Å². The first-order valence-electron chi connectivity index (χ1n) is 6.29. The fourth-order valence-electron chi connectivity index (χ4n) is 2.31. The van der Waals surface area contributed by atoms with Crippen molar-refractivity contribution < 1.29 is 9.13 Å². The van der Waals surface area contributed by atoms with Crippen LogP contribution in [0.15, 0.2) is 28.7 Å². The van der Waals surface area contributed by atoms with Gasteiger partial charge in [-0.25, -0.2) is 4.39 Å². The summed E-state index contributed by atoms with van der Waals surface area (Å²) in [6, 6.07) is 6.45. The van der Waals surface area contributed by atoms with Crippen molar-refractivity contribution >= 4 is 39.1 Å². The van der Waals surface area contributed by atoms with Crippen molar-refractivity contribution in [3.63, 3.8) is 0 Å². The fourth-order valence-corrected chi connectivity index (χ4v) is 3.47. The van der Waals surface area contributed by atoms with Crippen LogP contribution in [0.1, 0.15) is 27.6 Å². The molecule has 0 amide bonds. The molecule has 112 valence electrons. The van der Waals surface area contributed by atoms with E-state index in [0.717, 1.165) is 21.2 Å². The second kappa shape index (κ2) is 6.55. The van der Waals surface area contributed by atoms with Gasteiger partial charge in [0.25, 0.3) is 0 Å². The van der Waals surface area contributed by atoms with Gasteiger partial charge in [-0.2, -0.15) is 0 Å². The van der Waals surface area contributed by atoms with Gasteiger partial charge in [0.2, 0.25) is 0 Å². The van der Waals surface area contributed by atoms with Crippen molar-refractivity contribution in [2.24, 2.45) is 0 Å². The predicted molar refractivity (Wildman–Crippen MR) is 89.3 cm³/mol. The average Bonchev–Trinajstić information content (AvgIpc) is 2.41. The minimum absolute atomic E-state index is 0.342. The number of halogens is 4. The zero-order chi connectivity index (χ0) is 15.7. The number of hydrogen-bond acceptors (Lipinski definition) is 1. The Morgan fingerprint density at radius 1 is 1.24 bits per heavy atom. The van der Waals surface area contributed by atoms with E-state index in [4.69, 9.17) is 27.9 Å². The smallest absolute Gasteiger partial charge is 0.129 e. The summed E-state index contributed by atoms with van der Waals surface area (Å²) in [5, 5.41) is -0.317. The number of ether oxygens (including phenoxy) is 1. The number of hydrogen-bond donors (Lipinski definition) is 0. The van der Waals surface area contributed by atoms with Crippen LogP contribution in [0.5, 0.6) is 5.75 Å². The zero-order valence-corrected chi connectivity index (χ0v) is 14.9. The molecule has 1 unspecified atom stereocenters. The van der Waals surface area contributed by atoms with Crippen LogP contribution < -0.4 is 4.74 Å². The number of benzene rings is 2. The summed E-state index contributed by atoms with van der Waals surface area (Å²) in [5.74, 6) is 0.242. The van der Waals surface area contributed by atoms with Gasteiger partial charge < -0.3 is 4.74 Å². The molecule has 0 bridgehead atoms. The molecule has 0 saturated carbocycles. The van der Waals surface area contributed by atoms with E-state index in [1.165, 1.54) is 6.07 Å². The van der Waals surface area contributed by atoms with Gasteiger partial charge in [0.1, 0.15) is 11.6 Å². The molecule has 2 aromatic rings. The quantitative estimate of drug-likeness (QED) is 0.566. The average molecular weight is 392 g/mol. The first-order valence-corrected chi connectivity index (χ1v) is 7.90. The molecule has 0 aliphatic rings. The van der Waals surface area contributed by atoms with Crippen LogP contribution in [0.2, 0.25) is 5.02 Å². The monoisotopic (exact) mass is 390 g/mol. The van der Waals surface area contributed by atoms with Crippen LogP contribution in [-0.4, -0.2) is 7.11 Å². The molecular weight excluding hydrogens is 378 g/mol. The van der Waals surface area contributed by atoms with Crippen LogP contribution in [0.3, 0.4) is 0 Å². The largest absolute Gasteiger partial charge is 0.496 e. The summed E-state index contributed by atoms with van der Waals surface area (Å²) in [6.07, 6.45) is 0. The molecule has 0 fully saturated rings. The summed E-state index contributed by atoms with van der Waals surface area (Å²) in [4.78, 5) is 0. The van der Waals surface area contributed by atoms with E-state index in [1.807, 2.05) is 19.9 Å². The Morgan fingerprint density at radius 2 is 1.90 bits per heavy atom. The third kappa shape index (κ3) is 3.20. The minimum Gasteiger partial charge on any atom is -0.496 e. The highest BCUT2D eigenvalue weighted by molar-refractivity contribution is 9.10. The molecule has 0 N–H and O–H groups in total. The Kier molecular flexibility index (Phi) is 5.18. The molecular formula is C16H14BrCl2FO. The van der Waals surface area contributed by atoms with E-state index in [9.17, 15) is 4.39 Å². The SMILES string of the molecule is COc1c(C)cc(Br)c(C)c1C(Cl)c1ccc(Cl)cc1F. The van der Waals surface area contributed by atoms with Gasteiger partial charge in [-0.3, -0.25) is 0 Å². The summed E-state index contributed by atoms with van der Waals surface area (Å²) in [5.41, 5.74) is 2.99. The van der Waals surface area contributed by atoms with Gasteiger partial charge in [0.05, 0.1) is 12.5 Å². The van der Waals surface area contributed by atoms with E-state index < -0.39 is 11.2 Å². The molecule has 2 aromatic carbocycles. The van der Waals surface area contributed by atoms with E-state index >= 15 is 0 Å². The summed E-state index contributed by atoms with van der Waals surface area (Å²) >= 11 is 15.8. The molecule has 5 heteroatoms.